The van der Waals surface area contributed by atoms with E-state index in [-0.39, 0.29) is 24.3 Å². The Balaban J connectivity index is 1.71. The Kier molecular flexibility index (Phi) is 9.85. The van der Waals surface area contributed by atoms with E-state index >= 15 is 0 Å². The number of carbonyl (C=O) groups excluding carboxylic acids is 3. The zero-order chi connectivity index (χ0) is 28.9. The van der Waals surface area contributed by atoms with Crippen molar-refractivity contribution in [2.24, 2.45) is 11.8 Å². The van der Waals surface area contributed by atoms with E-state index in [0.29, 0.717) is 45.4 Å². The van der Waals surface area contributed by atoms with Crippen LogP contribution in [0.15, 0.2) is 55.6 Å². The number of ether oxygens (including phenoxy) is 1. The van der Waals surface area contributed by atoms with Crippen molar-refractivity contribution < 1.29 is 24.2 Å². The Morgan fingerprint density at radius 3 is 2.45 bits per heavy atom. The number of aliphatic hydroxyl groups excluding tert-OH is 1. The normalized spacial score (nSPS) is 27.4. The zero-order valence-electron chi connectivity index (χ0n) is 24.0. The number of aliphatic hydroxyl groups is 1. The van der Waals surface area contributed by atoms with Crippen LogP contribution in [0.1, 0.15) is 57.9 Å². The molecule has 3 fully saturated rings. The highest BCUT2D eigenvalue weighted by Gasteiger charge is 2.75. The van der Waals surface area contributed by atoms with Gasteiger partial charge in [0, 0.05) is 26.2 Å². The van der Waals surface area contributed by atoms with Gasteiger partial charge in [0.15, 0.2) is 0 Å². The lowest BCUT2D eigenvalue weighted by Gasteiger charge is -2.39. The van der Waals surface area contributed by atoms with Crippen molar-refractivity contribution in [3.05, 3.63) is 61.2 Å². The number of unbranched alkanes of at least 4 members (excludes halogenated alkanes) is 2. The maximum absolute atomic E-state index is 14.3. The van der Waals surface area contributed by atoms with Gasteiger partial charge in [-0.05, 0) is 31.2 Å². The molecule has 0 aromatic heterocycles. The van der Waals surface area contributed by atoms with Crippen LogP contribution in [0.3, 0.4) is 0 Å². The van der Waals surface area contributed by atoms with Crippen molar-refractivity contribution in [1.82, 2.24) is 14.7 Å². The Labute approximate surface area is 238 Å². The highest BCUT2D eigenvalue weighted by Crippen LogP contribution is 2.59. The van der Waals surface area contributed by atoms with E-state index < -0.39 is 35.6 Å². The van der Waals surface area contributed by atoms with E-state index in [1.165, 1.54) is 0 Å². The molecule has 1 aromatic rings. The summed E-state index contributed by atoms with van der Waals surface area (Å²) in [5.41, 5.74) is -0.0965. The summed E-state index contributed by atoms with van der Waals surface area (Å²) in [5.74, 6) is -2.04. The second-order valence-electron chi connectivity index (χ2n) is 11.3. The maximum atomic E-state index is 14.3. The van der Waals surface area contributed by atoms with Gasteiger partial charge < -0.3 is 24.5 Å². The van der Waals surface area contributed by atoms with Gasteiger partial charge in [0.05, 0.1) is 30.6 Å². The van der Waals surface area contributed by atoms with Gasteiger partial charge in [-0.1, -0.05) is 69.2 Å². The summed E-state index contributed by atoms with van der Waals surface area (Å²) in [6, 6.07) is 8.33. The molecule has 1 spiro atoms. The molecule has 3 heterocycles. The van der Waals surface area contributed by atoms with Crippen molar-refractivity contribution in [1.29, 1.82) is 0 Å². The van der Waals surface area contributed by atoms with E-state index in [1.807, 2.05) is 37.3 Å². The SMILES string of the molecule is C=CCN(CCCCC)C(=O)C1N([C@@H](CC)CO)C(=O)[C@@H]2[C@@H](C(=O)N(CC=C)Cc3ccccc3)[C@H]3CCC12O3. The predicted octanol–water partition coefficient (Wildman–Crippen LogP) is 3.55. The van der Waals surface area contributed by atoms with E-state index in [2.05, 4.69) is 20.1 Å². The van der Waals surface area contributed by atoms with Crippen molar-refractivity contribution in [3.63, 3.8) is 0 Å². The molecule has 3 amide bonds. The second-order valence-corrected chi connectivity index (χ2v) is 11.3. The molecule has 3 aliphatic heterocycles. The Morgan fingerprint density at radius 1 is 1.12 bits per heavy atom. The molecule has 2 bridgehead atoms. The summed E-state index contributed by atoms with van der Waals surface area (Å²) in [4.78, 5) is 47.9. The molecule has 6 atom stereocenters. The molecule has 40 heavy (non-hydrogen) atoms. The van der Waals surface area contributed by atoms with Crippen LogP contribution in [-0.2, 0) is 25.7 Å². The first-order chi connectivity index (χ1) is 19.4. The first-order valence-electron chi connectivity index (χ1n) is 14.8. The molecule has 0 saturated carbocycles. The summed E-state index contributed by atoms with van der Waals surface area (Å²) in [7, 11) is 0. The minimum absolute atomic E-state index is 0.148. The molecular formula is C32H45N3O5. The monoisotopic (exact) mass is 551 g/mol. The number of amides is 3. The third-order valence-electron chi connectivity index (χ3n) is 8.90. The van der Waals surface area contributed by atoms with E-state index in [4.69, 9.17) is 4.74 Å². The topological polar surface area (TPSA) is 90.4 Å². The predicted molar refractivity (Wildman–Crippen MR) is 154 cm³/mol. The van der Waals surface area contributed by atoms with Crippen LogP contribution in [0, 0.1) is 11.8 Å². The molecule has 1 N–H and O–H groups in total. The highest BCUT2D eigenvalue weighted by atomic mass is 16.5. The first kappa shape index (κ1) is 30.0. The lowest BCUT2D eigenvalue weighted by atomic mass is 9.70. The highest BCUT2D eigenvalue weighted by molar-refractivity contribution is 5.99. The van der Waals surface area contributed by atoms with Gasteiger partial charge in [-0.2, -0.15) is 0 Å². The largest absolute Gasteiger partial charge is 0.394 e. The van der Waals surface area contributed by atoms with Gasteiger partial charge in [-0.25, -0.2) is 0 Å². The second kappa shape index (κ2) is 13.1. The number of hydrogen-bond acceptors (Lipinski definition) is 5. The third-order valence-corrected chi connectivity index (χ3v) is 8.90. The summed E-state index contributed by atoms with van der Waals surface area (Å²) >= 11 is 0. The van der Waals surface area contributed by atoms with E-state index in [0.717, 1.165) is 24.8 Å². The summed E-state index contributed by atoms with van der Waals surface area (Å²) in [5, 5.41) is 10.3. The Hall–Kier alpha value is -2.97. The lowest BCUT2D eigenvalue weighted by Crippen LogP contribution is -2.58. The van der Waals surface area contributed by atoms with Gasteiger partial charge in [0.2, 0.25) is 17.7 Å². The summed E-state index contributed by atoms with van der Waals surface area (Å²) < 4.78 is 6.63. The molecule has 2 unspecified atom stereocenters. The zero-order valence-corrected chi connectivity index (χ0v) is 24.0. The van der Waals surface area contributed by atoms with Gasteiger partial charge in [0.1, 0.15) is 11.6 Å². The first-order valence-corrected chi connectivity index (χ1v) is 14.8. The fraction of sp³-hybridized carbons (Fsp3) is 0.594. The number of carbonyl (C=O) groups is 3. The van der Waals surface area contributed by atoms with Crippen LogP contribution in [0.25, 0.3) is 0 Å². The molecule has 3 saturated heterocycles. The fourth-order valence-corrected chi connectivity index (χ4v) is 7.03. The molecule has 0 radical (unpaired) electrons. The number of likely N-dealkylation sites (tertiary alicyclic amines) is 1. The van der Waals surface area contributed by atoms with Gasteiger partial charge in [0.25, 0.3) is 0 Å². The number of rotatable bonds is 15. The standard InChI is InChI=1S/C32H45N3O5/c1-5-9-13-20-33(18-6-2)31(39)28-32-17-16-25(40-32)26(27(32)30(38)35(28)24(8-4)22-36)29(37)34(19-7-3)21-23-14-11-10-12-15-23/h6-7,10-12,14-15,24-28,36H,2-3,5,8-9,13,16-22H2,1,4H3/t24-,25+,26-,27-,28?,32?/m0/s1. The molecule has 4 rings (SSSR count). The number of benzene rings is 1. The van der Waals surface area contributed by atoms with Gasteiger partial charge in [-0.15, -0.1) is 13.2 Å². The van der Waals surface area contributed by atoms with Crippen LogP contribution < -0.4 is 0 Å². The Morgan fingerprint density at radius 2 is 1.82 bits per heavy atom. The van der Waals surface area contributed by atoms with Gasteiger partial charge in [-0.3, -0.25) is 14.4 Å². The van der Waals surface area contributed by atoms with Crippen LogP contribution in [0.4, 0.5) is 0 Å². The number of nitrogens with zero attached hydrogens (tertiary/aromatic N) is 3. The van der Waals surface area contributed by atoms with Crippen LogP contribution in [-0.4, -0.2) is 87.6 Å². The third kappa shape index (κ3) is 5.36. The Bertz CT molecular complexity index is 1070. The van der Waals surface area contributed by atoms with Crippen molar-refractivity contribution in [2.75, 3.05) is 26.2 Å². The van der Waals surface area contributed by atoms with Crippen molar-refractivity contribution in [2.45, 2.75) is 82.7 Å². The van der Waals surface area contributed by atoms with Crippen LogP contribution >= 0.6 is 0 Å². The molecule has 8 nitrogen and oxygen atoms in total. The van der Waals surface area contributed by atoms with Crippen molar-refractivity contribution in [3.8, 4) is 0 Å². The van der Waals surface area contributed by atoms with Crippen molar-refractivity contribution >= 4 is 17.7 Å². The maximum Gasteiger partial charge on any atom is 0.248 e. The molecule has 1 aromatic carbocycles. The molecule has 0 aliphatic carbocycles. The van der Waals surface area contributed by atoms with E-state index in [9.17, 15) is 19.5 Å². The fourth-order valence-electron chi connectivity index (χ4n) is 7.03. The average molecular weight is 552 g/mol. The minimum Gasteiger partial charge on any atom is -0.394 e. The molecular weight excluding hydrogens is 506 g/mol. The number of hydrogen-bond donors (Lipinski definition) is 1. The van der Waals surface area contributed by atoms with E-state index in [1.54, 1.807) is 26.9 Å². The lowest BCUT2D eigenvalue weighted by molar-refractivity contribution is -0.152. The summed E-state index contributed by atoms with van der Waals surface area (Å²) in [6.07, 6.45) is 7.48. The smallest absolute Gasteiger partial charge is 0.248 e. The van der Waals surface area contributed by atoms with Crippen LogP contribution in [0.5, 0.6) is 0 Å². The quantitative estimate of drug-likeness (QED) is 0.266. The molecule has 3 aliphatic rings. The summed E-state index contributed by atoms with van der Waals surface area (Å²) in [6.45, 7) is 13.1. The van der Waals surface area contributed by atoms with Gasteiger partial charge >= 0.3 is 0 Å². The van der Waals surface area contributed by atoms with Crippen LogP contribution in [0.2, 0.25) is 0 Å². The minimum atomic E-state index is -1.08. The average Bonchev–Trinajstić information content (AvgIpc) is 3.61. The number of fused-ring (bicyclic) bond motifs is 1. The molecule has 8 heteroatoms. The molecule has 218 valence electrons.